The van der Waals surface area contributed by atoms with Gasteiger partial charge >= 0.3 is 0 Å². The molecule has 5 heteroatoms. The highest BCUT2D eigenvalue weighted by molar-refractivity contribution is 7.16. The van der Waals surface area contributed by atoms with Crippen molar-refractivity contribution >= 4 is 28.0 Å². The Labute approximate surface area is 110 Å². The number of rotatable bonds is 3. The van der Waals surface area contributed by atoms with E-state index < -0.39 is 0 Å². The van der Waals surface area contributed by atoms with Gasteiger partial charge in [-0.3, -0.25) is 0 Å². The summed E-state index contributed by atoms with van der Waals surface area (Å²) < 4.78 is 0. The van der Waals surface area contributed by atoms with E-state index in [4.69, 9.17) is 5.26 Å². The van der Waals surface area contributed by atoms with E-state index in [1.165, 1.54) is 22.5 Å². The second-order valence-corrected chi connectivity index (χ2v) is 4.93. The van der Waals surface area contributed by atoms with Gasteiger partial charge in [0.25, 0.3) is 0 Å². The van der Waals surface area contributed by atoms with Gasteiger partial charge in [0.2, 0.25) is 0 Å². The summed E-state index contributed by atoms with van der Waals surface area (Å²) in [7, 11) is 1.79. The van der Waals surface area contributed by atoms with Gasteiger partial charge in [-0.25, -0.2) is 4.98 Å². The number of benzene rings is 1. The summed E-state index contributed by atoms with van der Waals surface area (Å²) in [5, 5.41) is 16.0. The minimum absolute atomic E-state index is 0.584. The van der Waals surface area contributed by atoms with Crippen molar-refractivity contribution in [2.45, 2.75) is 13.8 Å². The van der Waals surface area contributed by atoms with Crippen molar-refractivity contribution in [2.24, 2.45) is 0 Å². The Morgan fingerprint density at radius 1 is 1.33 bits per heavy atom. The van der Waals surface area contributed by atoms with E-state index >= 15 is 0 Å². The maximum atomic E-state index is 9.08. The topological polar surface area (TPSA) is 60.7 Å². The third-order valence-corrected chi connectivity index (χ3v) is 3.78. The molecule has 0 aliphatic carbocycles. The van der Waals surface area contributed by atoms with Crippen molar-refractivity contribution < 1.29 is 0 Å². The molecule has 2 rings (SSSR count). The second-order valence-electron chi connectivity index (χ2n) is 3.93. The molecular formula is C13H14N4S. The molecule has 18 heavy (non-hydrogen) atoms. The van der Waals surface area contributed by atoms with Gasteiger partial charge in [-0.2, -0.15) is 5.26 Å². The fraction of sp³-hybridized carbons (Fsp3) is 0.231. The third kappa shape index (κ3) is 2.29. The van der Waals surface area contributed by atoms with Crippen LogP contribution in [0.5, 0.6) is 0 Å². The molecule has 0 atom stereocenters. The Bertz CT molecular complexity index is 610. The van der Waals surface area contributed by atoms with Gasteiger partial charge in [-0.1, -0.05) is 23.5 Å². The maximum Gasteiger partial charge on any atom is 0.185 e. The predicted molar refractivity (Wildman–Crippen MR) is 75.6 cm³/mol. The minimum Gasteiger partial charge on any atom is -0.364 e. The van der Waals surface area contributed by atoms with Gasteiger partial charge in [-0.05, 0) is 31.0 Å². The Morgan fingerprint density at radius 2 is 2.11 bits per heavy atom. The molecule has 0 aliphatic rings. The standard InChI is InChI=1S/C13H14N4S/c1-8-5-4-6-10(9(8)2)16-12-11(7-14)18-13(15-3)17-12/h4-6,16H,1-3H3,(H,15,17). The van der Waals surface area contributed by atoms with E-state index in [2.05, 4.69) is 41.6 Å². The van der Waals surface area contributed by atoms with E-state index in [1.54, 1.807) is 7.05 Å². The quantitative estimate of drug-likeness (QED) is 0.885. The van der Waals surface area contributed by atoms with E-state index in [9.17, 15) is 0 Å². The number of hydrogen-bond acceptors (Lipinski definition) is 5. The minimum atomic E-state index is 0.584. The summed E-state index contributed by atoms with van der Waals surface area (Å²) in [6.45, 7) is 4.11. The Kier molecular flexibility index (Phi) is 3.49. The lowest BCUT2D eigenvalue weighted by molar-refractivity contribution is 1.29. The molecule has 0 bridgehead atoms. The molecule has 0 saturated carbocycles. The van der Waals surface area contributed by atoms with Crippen LogP contribution in [0.15, 0.2) is 18.2 Å². The van der Waals surface area contributed by atoms with Gasteiger partial charge in [-0.15, -0.1) is 0 Å². The highest BCUT2D eigenvalue weighted by Crippen LogP contribution is 2.30. The van der Waals surface area contributed by atoms with Crippen LogP contribution in [0, 0.1) is 25.2 Å². The van der Waals surface area contributed by atoms with E-state index in [1.807, 2.05) is 12.1 Å². The number of aryl methyl sites for hydroxylation is 1. The lowest BCUT2D eigenvalue weighted by Gasteiger charge is -2.09. The Balaban J connectivity index is 2.37. The fourth-order valence-electron chi connectivity index (χ4n) is 1.60. The molecule has 4 nitrogen and oxygen atoms in total. The first-order chi connectivity index (χ1) is 8.65. The second kappa shape index (κ2) is 5.07. The number of nitrogens with one attached hydrogen (secondary N) is 2. The SMILES string of the molecule is CNc1nc(Nc2cccc(C)c2C)c(C#N)s1. The predicted octanol–water partition coefficient (Wildman–Crippen LogP) is 3.42. The first kappa shape index (κ1) is 12.4. The lowest BCUT2D eigenvalue weighted by Crippen LogP contribution is -1.97. The largest absolute Gasteiger partial charge is 0.364 e. The summed E-state index contributed by atoms with van der Waals surface area (Å²) >= 11 is 1.34. The van der Waals surface area contributed by atoms with Crippen molar-refractivity contribution in [1.29, 1.82) is 5.26 Å². The lowest BCUT2D eigenvalue weighted by atomic mass is 10.1. The third-order valence-electron chi connectivity index (χ3n) is 2.80. The fourth-order valence-corrected chi connectivity index (χ4v) is 2.27. The van der Waals surface area contributed by atoms with Gasteiger partial charge in [0.1, 0.15) is 6.07 Å². The summed E-state index contributed by atoms with van der Waals surface area (Å²) in [6, 6.07) is 8.20. The molecule has 1 aromatic carbocycles. The number of aromatic nitrogens is 1. The van der Waals surface area contributed by atoms with E-state index in [-0.39, 0.29) is 0 Å². The molecular weight excluding hydrogens is 244 g/mol. The monoisotopic (exact) mass is 258 g/mol. The molecule has 2 N–H and O–H groups in total. The zero-order valence-electron chi connectivity index (χ0n) is 10.5. The van der Waals surface area contributed by atoms with Crippen LogP contribution < -0.4 is 10.6 Å². The normalized spacial score (nSPS) is 9.89. The van der Waals surface area contributed by atoms with Crippen molar-refractivity contribution in [3.05, 3.63) is 34.2 Å². The molecule has 0 fully saturated rings. The maximum absolute atomic E-state index is 9.08. The van der Waals surface area contributed by atoms with Gasteiger partial charge in [0.05, 0.1) is 0 Å². The number of nitrogens with zero attached hydrogens (tertiary/aromatic N) is 2. The highest BCUT2D eigenvalue weighted by atomic mass is 32.1. The summed E-state index contributed by atoms with van der Waals surface area (Å²) in [5.74, 6) is 0.612. The van der Waals surface area contributed by atoms with Crippen LogP contribution in [0.3, 0.4) is 0 Å². The average Bonchev–Trinajstić information content (AvgIpc) is 2.77. The average molecular weight is 258 g/mol. The molecule has 2 aromatic rings. The van der Waals surface area contributed by atoms with Crippen LogP contribution in [0.25, 0.3) is 0 Å². The molecule has 0 unspecified atom stereocenters. The zero-order valence-corrected chi connectivity index (χ0v) is 11.4. The molecule has 92 valence electrons. The van der Waals surface area contributed by atoms with E-state index in [0.29, 0.717) is 10.7 Å². The summed E-state index contributed by atoms with van der Waals surface area (Å²) in [6.07, 6.45) is 0. The summed E-state index contributed by atoms with van der Waals surface area (Å²) in [4.78, 5) is 4.92. The molecule has 1 aromatic heterocycles. The van der Waals surface area contributed by atoms with Gasteiger partial charge in [0, 0.05) is 12.7 Å². The van der Waals surface area contributed by atoms with Crippen LogP contribution in [0.4, 0.5) is 16.6 Å². The van der Waals surface area contributed by atoms with Crippen molar-refractivity contribution in [3.8, 4) is 6.07 Å². The Hall–Kier alpha value is -2.06. The number of thiazole rings is 1. The molecule has 0 amide bonds. The molecule has 0 spiro atoms. The van der Waals surface area contributed by atoms with Crippen LogP contribution >= 0.6 is 11.3 Å². The molecule has 0 radical (unpaired) electrons. The number of anilines is 3. The van der Waals surface area contributed by atoms with E-state index in [0.717, 1.165) is 10.8 Å². The van der Waals surface area contributed by atoms with Gasteiger partial charge in [0.15, 0.2) is 15.8 Å². The Morgan fingerprint density at radius 3 is 2.78 bits per heavy atom. The van der Waals surface area contributed by atoms with Crippen LogP contribution in [0.2, 0.25) is 0 Å². The number of hydrogen-bond donors (Lipinski definition) is 2. The van der Waals surface area contributed by atoms with Crippen molar-refractivity contribution in [2.75, 3.05) is 17.7 Å². The first-order valence-electron chi connectivity index (χ1n) is 5.57. The zero-order chi connectivity index (χ0) is 13.1. The van der Waals surface area contributed by atoms with Crippen LogP contribution in [-0.2, 0) is 0 Å². The molecule has 0 aliphatic heterocycles. The molecule has 0 saturated heterocycles. The van der Waals surface area contributed by atoms with Crippen LogP contribution in [-0.4, -0.2) is 12.0 Å². The number of nitriles is 1. The van der Waals surface area contributed by atoms with Crippen molar-refractivity contribution in [1.82, 2.24) is 4.98 Å². The first-order valence-corrected chi connectivity index (χ1v) is 6.39. The summed E-state index contributed by atoms with van der Waals surface area (Å²) in [5.41, 5.74) is 3.36. The van der Waals surface area contributed by atoms with Crippen molar-refractivity contribution in [3.63, 3.8) is 0 Å². The van der Waals surface area contributed by atoms with Gasteiger partial charge < -0.3 is 10.6 Å². The van der Waals surface area contributed by atoms with Crippen LogP contribution in [0.1, 0.15) is 16.0 Å². The highest BCUT2D eigenvalue weighted by Gasteiger charge is 2.11. The molecule has 1 heterocycles. The smallest absolute Gasteiger partial charge is 0.185 e.